The smallest absolute Gasteiger partial charge is 0.304 e. The van der Waals surface area contributed by atoms with Gasteiger partial charge in [-0.3, -0.25) is 19.8 Å². The molecular formula is C43H33F6N12O2+. The molecule has 20 heteroatoms. The number of imidazole rings is 2. The fraction of sp³-hybridized carbons (Fsp3) is 0.186. The van der Waals surface area contributed by atoms with Crippen molar-refractivity contribution in [3.05, 3.63) is 143 Å². The Morgan fingerprint density at radius 2 is 1.33 bits per heavy atom. The largest absolute Gasteiger partial charge is 0.417 e. The molecule has 1 aliphatic heterocycles. The number of halogens is 6. The van der Waals surface area contributed by atoms with Crippen LogP contribution in [0.3, 0.4) is 0 Å². The Morgan fingerprint density at radius 3 is 1.98 bits per heavy atom. The minimum Gasteiger partial charge on any atom is -0.304 e. The first kappa shape index (κ1) is 40.8. The molecule has 0 spiro atoms. The molecule has 318 valence electrons. The number of rotatable bonds is 9. The van der Waals surface area contributed by atoms with Gasteiger partial charge in [-0.1, -0.05) is 47.4 Å². The van der Waals surface area contributed by atoms with E-state index in [2.05, 4.69) is 45.7 Å². The van der Waals surface area contributed by atoms with Gasteiger partial charge in [0.2, 0.25) is 5.69 Å². The number of pyridine rings is 1. The van der Waals surface area contributed by atoms with E-state index in [1.165, 1.54) is 82.1 Å². The fourth-order valence-electron chi connectivity index (χ4n) is 7.45. The van der Waals surface area contributed by atoms with Crippen LogP contribution in [0, 0.1) is 6.92 Å². The summed E-state index contributed by atoms with van der Waals surface area (Å²) in [5.41, 5.74) is -0.899. The maximum atomic E-state index is 14.1. The number of hydrogen-bond donors (Lipinski definition) is 2. The number of alkyl halides is 6. The summed E-state index contributed by atoms with van der Waals surface area (Å²) in [6.07, 6.45) is -2.84. The van der Waals surface area contributed by atoms with Crippen LogP contribution in [0.4, 0.5) is 38.1 Å². The van der Waals surface area contributed by atoms with E-state index in [-0.39, 0.29) is 62.8 Å². The number of anilines is 2. The second kappa shape index (κ2) is 16.0. The maximum absolute atomic E-state index is 14.1. The van der Waals surface area contributed by atoms with Gasteiger partial charge in [-0.05, 0) is 74.8 Å². The van der Waals surface area contributed by atoms with Crippen molar-refractivity contribution >= 4 is 34.9 Å². The number of aryl methyl sites for hydroxylation is 1. The predicted octanol–water partition coefficient (Wildman–Crippen LogP) is 7.62. The highest BCUT2D eigenvalue weighted by Crippen LogP contribution is 2.37. The highest BCUT2D eigenvalue weighted by Gasteiger charge is 2.36. The fourth-order valence-corrected chi connectivity index (χ4v) is 7.45. The summed E-state index contributed by atoms with van der Waals surface area (Å²) in [4.78, 5) is 47.6. The molecule has 0 bridgehead atoms. The first-order chi connectivity index (χ1) is 30.2. The SMILES string of the molecule is Cc1cc(-[n+]2cc(C(=O)Nc3ccc(CN4CCCC4)cn3)n3nc(-c4ccccc4C(F)(F)F)ccc32)nc(NC(=O)c2cnc3ccc(-c4ccccc4C(F)(F)F)nn23)n1. The summed E-state index contributed by atoms with van der Waals surface area (Å²) in [5, 5.41) is 14.2. The number of benzene rings is 2. The van der Waals surface area contributed by atoms with Gasteiger partial charge in [0.25, 0.3) is 23.3 Å². The molecule has 9 rings (SSSR count). The Labute approximate surface area is 352 Å². The van der Waals surface area contributed by atoms with Gasteiger partial charge in [-0.25, -0.2) is 19.5 Å². The van der Waals surface area contributed by atoms with Crippen molar-refractivity contribution in [2.75, 3.05) is 23.7 Å². The Kier molecular flexibility index (Phi) is 10.4. The molecule has 6 aromatic heterocycles. The summed E-state index contributed by atoms with van der Waals surface area (Å²) in [6.45, 7) is 4.33. The number of fused-ring (bicyclic) bond motifs is 2. The maximum Gasteiger partial charge on any atom is 0.417 e. The minimum atomic E-state index is -4.70. The molecule has 0 radical (unpaired) electrons. The van der Waals surface area contributed by atoms with Gasteiger partial charge in [-0.15, -0.1) is 9.61 Å². The summed E-state index contributed by atoms with van der Waals surface area (Å²) < 4.78 is 87.7. The first-order valence-corrected chi connectivity index (χ1v) is 19.5. The molecule has 0 atom stereocenters. The second-order valence-corrected chi connectivity index (χ2v) is 14.7. The predicted molar refractivity (Wildman–Crippen MR) is 216 cm³/mol. The molecule has 14 nitrogen and oxygen atoms in total. The Balaban J connectivity index is 1.07. The Morgan fingerprint density at radius 1 is 0.698 bits per heavy atom. The average Bonchev–Trinajstić information content (AvgIpc) is 4.03. The molecule has 2 N–H and O–H groups in total. The molecule has 8 aromatic rings. The van der Waals surface area contributed by atoms with Gasteiger partial charge in [0, 0.05) is 41.7 Å². The molecule has 63 heavy (non-hydrogen) atoms. The third kappa shape index (κ3) is 8.27. The summed E-state index contributed by atoms with van der Waals surface area (Å²) in [6, 6.07) is 20.6. The lowest BCUT2D eigenvalue weighted by atomic mass is 10.0. The van der Waals surface area contributed by atoms with E-state index in [1.54, 1.807) is 25.3 Å². The highest BCUT2D eigenvalue weighted by atomic mass is 19.4. The van der Waals surface area contributed by atoms with Crippen LogP contribution >= 0.6 is 0 Å². The van der Waals surface area contributed by atoms with Crippen LogP contribution in [-0.2, 0) is 18.9 Å². The lowest BCUT2D eigenvalue weighted by Gasteiger charge is -2.14. The highest BCUT2D eigenvalue weighted by molar-refractivity contribution is 6.03. The van der Waals surface area contributed by atoms with Crippen LogP contribution in [0.1, 0.15) is 56.2 Å². The Hall–Kier alpha value is -7.61. The van der Waals surface area contributed by atoms with Crippen molar-refractivity contribution < 1.29 is 40.5 Å². The second-order valence-electron chi connectivity index (χ2n) is 14.7. The summed E-state index contributed by atoms with van der Waals surface area (Å²) in [7, 11) is 0. The lowest BCUT2D eigenvalue weighted by Crippen LogP contribution is -2.32. The first-order valence-electron chi connectivity index (χ1n) is 19.5. The number of carbonyl (C=O) groups excluding carboxylic acids is 2. The van der Waals surface area contributed by atoms with E-state index in [0.717, 1.165) is 48.1 Å². The number of hydrogen-bond acceptors (Lipinski definition) is 9. The number of likely N-dealkylation sites (tertiary alicyclic amines) is 1. The molecule has 2 amide bonds. The standard InChI is InChI=1S/C43H32F6N12O2/c1-25-20-37(54-41(52-25)55-39(62)33-22-51-36-16-13-31(56-60(33)36)27-8-2-4-10-29(27)42(44,45)46)59-24-34(40(63)53-35-15-12-26(21-50-35)23-58-18-6-7-19-58)61-38(59)17-14-32(57-61)28-9-3-5-11-30(28)43(47,48)49/h2-5,8-17,20-22,24H,6-7,18-19,23H2,1H3,(H-,50,52,53,54,55,62,63)/p+1. The van der Waals surface area contributed by atoms with E-state index in [4.69, 9.17) is 0 Å². The third-order valence-electron chi connectivity index (χ3n) is 10.4. The van der Waals surface area contributed by atoms with Crippen molar-refractivity contribution in [3.8, 4) is 28.3 Å². The van der Waals surface area contributed by atoms with Crippen molar-refractivity contribution in [3.63, 3.8) is 0 Å². The molecule has 1 saturated heterocycles. The zero-order valence-corrected chi connectivity index (χ0v) is 33.0. The van der Waals surface area contributed by atoms with Crippen molar-refractivity contribution in [2.45, 2.75) is 38.7 Å². The van der Waals surface area contributed by atoms with Crippen LogP contribution in [0.25, 0.3) is 39.6 Å². The van der Waals surface area contributed by atoms with E-state index in [9.17, 15) is 35.9 Å². The number of amides is 2. The van der Waals surface area contributed by atoms with Gasteiger partial charge >= 0.3 is 18.3 Å². The summed E-state index contributed by atoms with van der Waals surface area (Å²) >= 11 is 0. The molecule has 0 unspecified atom stereocenters. The van der Waals surface area contributed by atoms with E-state index in [1.807, 2.05) is 6.07 Å². The molecule has 1 fully saturated rings. The van der Waals surface area contributed by atoms with Crippen molar-refractivity contribution in [1.82, 2.24) is 44.1 Å². The van der Waals surface area contributed by atoms with Crippen LogP contribution in [0.15, 0.2) is 110 Å². The minimum absolute atomic E-state index is 0.0580. The number of nitrogens with one attached hydrogen (secondary N) is 2. The van der Waals surface area contributed by atoms with Crippen LogP contribution in [0.5, 0.6) is 0 Å². The van der Waals surface area contributed by atoms with E-state index >= 15 is 0 Å². The Bertz CT molecular complexity index is 3050. The topological polar surface area (TPSA) is 151 Å². The zero-order valence-electron chi connectivity index (χ0n) is 33.0. The van der Waals surface area contributed by atoms with Gasteiger partial charge in [0.1, 0.15) is 17.7 Å². The van der Waals surface area contributed by atoms with E-state index < -0.39 is 35.3 Å². The van der Waals surface area contributed by atoms with Crippen molar-refractivity contribution in [1.29, 1.82) is 0 Å². The lowest BCUT2D eigenvalue weighted by molar-refractivity contribution is -0.570. The number of aromatic nitrogens is 9. The number of carbonyl (C=O) groups is 2. The number of nitrogens with zero attached hydrogens (tertiary/aromatic N) is 10. The quantitative estimate of drug-likeness (QED) is 0.110. The zero-order chi connectivity index (χ0) is 44.0. The van der Waals surface area contributed by atoms with Crippen molar-refractivity contribution in [2.24, 2.45) is 0 Å². The monoisotopic (exact) mass is 863 g/mol. The van der Waals surface area contributed by atoms with Crippen LogP contribution in [0.2, 0.25) is 0 Å². The normalized spacial score (nSPS) is 13.5. The molecule has 2 aromatic carbocycles. The average molecular weight is 864 g/mol. The van der Waals surface area contributed by atoms with Gasteiger partial charge in [0.05, 0.1) is 23.0 Å². The van der Waals surface area contributed by atoms with Crippen LogP contribution < -0.4 is 15.2 Å². The molecule has 7 heterocycles. The van der Waals surface area contributed by atoms with Gasteiger partial charge in [0.15, 0.2) is 11.3 Å². The van der Waals surface area contributed by atoms with Gasteiger partial charge < -0.3 is 5.32 Å². The van der Waals surface area contributed by atoms with Gasteiger partial charge in [-0.2, -0.15) is 36.0 Å². The molecular weight excluding hydrogens is 831 g/mol. The summed E-state index contributed by atoms with van der Waals surface area (Å²) in [5.74, 6) is -1.33. The molecule has 0 aliphatic carbocycles. The molecule has 0 saturated carbocycles. The third-order valence-corrected chi connectivity index (χ3v) is 10.4. The van der Waals surface area contributed by atoms with Crippen LogP contribution in [-0.4, -0.2) is 69.0 Å². The molecule has 1 aliphatic rings. The van der Waals surface area contributed by atoms with E-state index in [0.29, 0.717) is 12.2 Å².